The Labute approximate surface area is 157 Å². The Balaban J connectivity index is 1.93. The highest BCUT2D eigenvalue weighted by molar-refractivity contribution is 6.33. The number of amides is 1. The number of H-pyrrole nitrogens is 1. The fraction of sp³-hybridized carbons (Fsp3) is 0.250. The predicted octanol–water partition coefficient (Wildman–Crippen LogP) is 5.84. The maximum absolute atomic E-state index is 11.9. The van der Waals surface area contributed by atoms with Crippen molar-refractivity contribution in [2.75, 3.05) is 12.4 Å². The van der Waals surface area contributed by atoms with E-state index in [-0.39, 0.29) is 0 Å². The van der Waals surface area contributed by atoms with Crippen LogP contribution < -0.4 is 10.1 Å². The molecule has 3 aromatic rings. The van der Waals surface area contributed by atoms with Crippen LogP contribution in [-0.4, -0.2) is 23.8 Å². The lowest BCUT2D eigenvalue weighted by Crippen LogP contribution is -2.27. The smallest absolute Gasteiger partial charge is 0.412 e. The van der Waals surface area contributed by atoms with Gasteiger partial charge in [0.2, 0.25) is 0 Å². The molecule has 26 heavy (non-hydrogen) atoms. The number of anilines is 1. The standard InChI is InChI=1S/C20H21ClN2O3/c1-20(2,3)26-19(24)22-13-9-8-12-10-16(23-15(12)11-13)18-14(21)6-5-7-17(18)25-4/h5-11,23H,1-4H3,(H,22,24). The molecule has 0 aliphatic heterocycles. The molecule has 0 atom stereocenters. The highest BCUT2D eigenvalue weighted by Gasteiger charge is 2.17. The van der Waals surface area contributed by atoms with Crippen LogP contribution in [-0.2, 0) is 4.74 Å². The number of hydrogen-bond acceptors (Lipinski definition) is 3. The maximum atomic E-state index is 11.9. The first-order chi connectivity index (χ1) is 12.3. The molecule has 1 amide bonds. The number of fused-ring (bicyclic) bond motifs is 1. The van der Waals surface area contributed by atoms with Gasteiger partial charge in [0.15, 0.2) is 0 Å². The summed E-state index contributed by atoms with van der Waals surface area (Å²) in [6, 6.07) is 13.1. The third kappa shape index (κ3) is 3.94. The molecule has 2 N–H and O–H groups in total. The first-order valence-electron chi connectivity index (χ1n) is 8.22. The van der Waals surface area contributed by atoms with E-state index in [1.807, 2.05) is 63.2 Å². The van der Waals surface area contributed by atoms with Crippen LogP contribution in [0.15, 0.2) is 42.5 Å². The van der Waals surface area contributed by atoms with Crippen LogP contribution in [0.1, 0.15) is 20.8 Å². The summed E-state index contributed by atoms with van der Waals surface area (Å²) >= 11 is 6.36. The van der Waals surface area contributed by atoms with Gasteiger partial charge in [0, 0.05) is 16.6 Å². The summed E-state index contributed by atoms with van der Waals surface area (Å²) in [4.78, 5) is 15.3. The topological polar surface area (TPSA) is 63.4 Å². The van der Waals surface area contributed by atoms with Crippen LogP contribution in [0.4, 0.5) is 10.5 Å². The molecule has 6 heteroatoms. The third-order valence-electron chi connectivity index (χ3n) is 3.73. The number of carbonyl (C=O) groups excluding carboxylic acids is 1. The zero-order valence-electron chi connectivity index (χ0n) is 15.1. The summed E-state index contributed by atoms with van der Waals surface area (Å²) < 4.78 is 10.7. The molecule has 1 aromatic heterocycles. The minimum absolute atomic E-state index is 0.489. The van der Waals surface area contributed by atoms with Gasteiger partial charge in [-0.3, -0.25) is 5.32 Å². The summed E-state index contributed by atoms with van der Waals surface area (Å²) in [7, 11) is 1.61. The first kappa shape index (κ1) is 18.1. The molecule has 0 fully saturated rings. The predicted molar refractivity (Wildman–Crippen MR) is 105 cm³/mol. The number of aromatic nitrogens is 1. The number of rotatable bonds is 3. The number of aromatic amines is 1. The summed E-state index contributed by atoms with van der Waals surface area (Å²) in [6.45, 7) is 5.47. The van der Waals surface area contributed by atoms with Gasteiger partial charge < -0.3 is 14.5 Å². The normalized spacial score (nSPS) is 11.4. The number of hydrogen-bond donors (Lipinski definition) is 2. The molecule has 2 aromatic carbocycles. The van der Waals surface area contributed by atoms with Gasteiger partial charge in [0.1, 0.15) is 11.4 Å². The van der Waals surface area contributed by atoms with Crippen molar-refractivity contribution in [3.05, 3.63) is 47.5 Å². The average Bonchev–Trinajstić information content (AvgIpc) is 2.95. The van der Waals surface area contributed by atoms with E-state index in [2.05, 4.69) is 10.3 Å². The van der Waals surface area contributed by atoms with Gasteiger partial charge in [-0.25, -0.2) is 4.79 Å². The summed E-state index contributed by atoms with van der Waals surface area (Å²) in [6.07, 6.45) is -0.489. The zero-order valence-corrected chi connectivity index (χ0v) is 15.9. The Morgan fingerprint density at radius 2 is 1.92 bits per heavy atom. The fourth-order valence-electron chi connectivity index (χ4n) is 2.70. The van der Waals surface area contributed by atoms with Crippen molar-refractivity contribution in [2.45, 2.75) is 26.4 Å². The number of halogens is 1. The van der Waals surface area contributed by atoms with E-state index in [9.17, 15) is 4.79 Å². The molecule has 5 nitrogen and oxygen atoms in total. The van der Waals surface area contributed by atoms with Crippen molar-refractivity contribution in [1.29, 1.82) is 0 Å². The van der Waals surface area contributed by atoms with Crippen molar-refractivity contribution in [2.24, 2.45) is 0 Å². The van der Waals surface area contributed by atoms with Gasteiger partial charge in [-0.05, 0) is 51.1 Å². The fourth-order valence-corrected chi connectivity index (χ4v) is 2.96. The molecule has 0 aliphatic rings. The number of methoxy groups -OCH3 is 1. The van der Waals surface area contributed by atoms with E-state index in [0.717, 1.165) is 22.2 Å². The zero-order chi connectivity index (χ0) is 18.9. The van der Waals surface area contributed by atoms with E-state index >= 15 is 0 Å². The van der Waals surface area contributed by atoms with E-state index in [4.69, 9.17) is 21.1 Å². The second-order valence-electron chi connectivity index (χ2n) is 6.93. The van der Waals surface area contributed by atoms with E-state index in [1.54, 1.807) is 7.11 Å². The number of ether oxygens (including phenoxy) is 2. The number of nitrogens with one attached hydrogen (secondary N) is 2. The van der Waals surface area contributed by atoms with Gasteiger partial charge in [-0.15, -0.1) is 0 Å². The number of benzene rings is 2. The average molecular weight is 373 g/mol. The maximum Gasteiger partial charge on any atom is 0.412 e. The van der Waals surface area contributed by atoms with Crippen LogP contribution in [0.2, 0.25) is 5.02 Å². The quantitative estimate of drug-likeness (QED) is 0.606. The Morgan fingerprint density at radius 3 is 2.62 bits per heavy atom. The molecule has 0 saturated carbocycles. The molecule has 1 heterocycles. The van der Waals surface area contributed by atoms with Crippen molar-refractivity contribution < 1.29 is 14.3 Å². The summed E-state index contributed by atoms with van der Waals surface area (Å²) in [5.41, 5.74) is 2.61. The van der Waals surface area contributed by atoms with Crippen molar-refractivity contribution in [1.82, 2.24) is 4.98 Å². The van der Waals surface area contributed by atoms with Gasteiger partial charge in [0.05, 0.1) is 23.4 Å². The van der Waals surface area contributed by atoms with Gasteiger partial charge >= 0.3 is 6.09 Å². The minimum Gasteiger partial charge on any atom is -0.496 e. The molecule has 0 spiro atoms. The Morgan fingerprint density at radius 1 is 1.15 bits per heavy atom. The molecular weight excluding hydrogens is 352 g/mol. The Kier molecular flexibility index (Phi) is 4.83. The van der Waals surface area contributed by atoms with Crippen LogP contribution in [0.25, 0.3) is 22.2 Å². The first-order valence-corrected chi connectivity index (χ1v) is 8.60. The second-order valence-corrected chi connectivity index (χ2v) is 7.34. The molecule has 136 valence electrons. The largest absolute Gasteiger partial charge is 0.496 e. The van der Waals surface area contributed by atoms with Gasteiger partial charge in [-0.2, -0.15) is 0 Å². The van der Waals surface area contributed by atoms with Crippen molar-refractivity contribution >= 4 is 34.3 Å². The van der Waals surface area contributed by atoms with E-state index in [1.165, 1.54) is 0 Å². The molecule has 0 saturated heterocycles. The highest BCUT2D eigenvalue weighted by atomic mass is 35.5. The monoisotopic (exact) mass is 372 g/mol. The molecule has 0 unspecified atom stereocenters. The summed E-state index contributed by atoms with van der Waals surface area (Å²) in [5, 5.41) is 4.34. The van der Waals surface area contributed by atoms with Crippen molar-refractivity contribution in [3.8, 4) is 17.0 Å². The lowest BCUT2D eigenvalue weighted by atomic mass is 10.1. The van der Waals surface area contributed by atoms with Crippen LogP contribution in [0, 0.1) is 0 Å². The molecule has 3 rings (SSSR count). The van der Waals surface area contributed by atoms with Gasteiger partial charge in [-0.1, -0.05) is 23.7 Å². The molecule has 0 aliphatic carbocycles. The molecular formula is C20H21ClN2O3. The van der Waals surface area contributed by atoms with Crippen molar-refractivity contribution in [3.63, 3.8) is 0 Å². The lowest BCUT2D eigenvalue weighted by molar-refractivity contribution is 0.0636. The highest BCUT2D eigenvalue weighted by Crippen LogP contribution is 2.37. The Hall–Kier alpha value is -2.66. The minimum atomic E-state index is -0.547. The van der Waals surface area contributed by atoms with E-state index < -0.39 is 11.7 Å². The number of carbonyl (C=O) groups is 1. The van der Waals surface area contributed by atoms with Gasteiger partial charge in [0.25, 0.3) is 0 Å². The third-order valence-corrected chi connectivity index (χ3v) is 4.05. The lowest BCUT2D eigenvalue weighted by Gasteiger charge is -2.19. The van der Waals surface area contributed by atoms with Crippen LogP contribution in [0.5, 0.6) is 5.75 Å². The molecule has 0 radical (unpaired) electrons. The second kappa shape index (κ2) is 6.92. The van der Waals surface area contributed by atoms with Crippen LogP contribution in [0.3, 0.4) is 0 Å². The molecule has 0 bridgehead atoms. The van der Waals surface area contributed by atoms with Crippen LogP contribution >= 0.6 is 11.6 Å². The SMILES string of the molecule is COc1cccc(Cl)c1-c1cc2ccc(NC(=O)OC(C)(C)C)cc2[nH]1. The van der Waals surface area contributed by atoms with E-state index in [0.29, 0.717) is 16.5 Å². The summed E-state index contributed by atoms with van der Waals surface area (Å²) in [5.74, 6) is 0.691. The Bertz CT molecular complexity index is 957.